The van der Waals surface area contributed by atoms with Crippen LogP contribution in [0.25, 0.3) is 0 Å². The number of ketones is 1. The average Bonchev–Trinajstić information content (AvgIpc) is 2.88. The summed E-state index contributed by atoms with van der Waals surface area (Å²) in [5, 5.41) is 0. The van der Waals surface area contributed by atoms with Gasteiger partial charge in [-0.15, -0.1) is 0 Å². The van der Waals surface area contributed by atoms with Gasteiger partial charge in [-0.2, -0.15) is 0 Å². The summed E-state index contributed by atoms with van der Waals surface area (Å²) in [6.07, 6.45) is 1.85. The molecule has 2 aliphatic rings. The lowest BCUT2D eigenvalue weighted by Gasteiger charge is -2.26. The molecule has 1 fully saturated rings. The highest BCUT2D eigenvalue weighted by atomic mass is 16.5. The zero-order valence-corrected chi connectivity index (χ0v) is 11.9. The number of nitrogens with zero attached hydrogens (tertiary/aromatic N) is 1. The second-order valence-electron chi connectivity index (χ2n) is 5.72. The number of Topliss-reactive ketones (excluding diaryl/α,β-unsaturated/α-hetero) is 1. The highest BCUT2D eigenvalue weighted by Gasteiger charge is 2.32. The van der Waals surface area contributed by atoms with E-state index in [1.807, 2.05) is 18.2 Å². The summed E-state index contributed by atoms with van der Waals surface area (Å²) in [5.41, 5.74) is 2.69. The van der Waals surface area contributed by atoms with E-state index in [-0.39, 0.29) is 23.7 Å². The minimum atomic E-state index is -0.309. The smallest absolute Gasteiger partial charge is 0.227 e. The Hall–Kier alpha value is -1.68. The molecule has 4 heteroatoms. The van der Waals surface area contributed by atoms with E-state index < -0.39 is 0 Å². The molecule has 1 amide bonds. The van der Waals surface area contributed by atoms with E-state index in [1.54, 1.807) is 11.9 Å². The average molecular weight is 273 g/mol. The second-order valence-corrected chi connectivity index (χ2v) is 5.72. The van der Waals surface area contributed by atoms with Gasteiger partial charge in [0.1, 0.15) is 6.10 Å². The largest absolute Gasteiger partial charge is 0.370 e. The Morgan fingerprint density at radius 2 is 2.15 bits per heavy atom. The number of carbonyl (C=O) groups is 2. The Labute approximate surface area is 118 Å². The predicted molar refractivity (Wildman–Crippen MR) is 76.0 cm³/mol. The Kier molecular flexibility index (Phi) is 3.34. The predicted octanol–water partition coefficient (Wildman–Crippen LogP) is 2.20. The van der Waals surface area contributed by atoms with Crippen molar-refractivity contribution in [2.75, 3.05) is 18.6 Å². The Morgan fingerprint density at radius 3 is 2.85 bits per heavy atom. The fraction of sp³-hybridized carbons (Fsp3) is 0.500. The first kappa shape index (κ1) is 13.3. The minimum Gasteiger partial charge on any atom is -0.370 e. The zero-order chi connectivity index (χ0) is 14.3. The number of rotatable bonds is 2. The topological polar surface area (TPSA) is 46.6 Å². The first-order valence-corrected chi connectivity index (χ1v) is 7.13. The molecule has 0 N–H and O–H groups in total. The molecule has 2 atom stereocenters. The van der Waals surface area contributed by atoms with Gasteiger partial charge in [0, 0.05) is 31.3 Å². The van der Waals surface area contributed by atoms with E-state index in [1.165, 1.54) is 0 Å². The minimum absolute atomic E-state index is 0.0670. The van der Waals surface area contributed by atoms with Crippen LogP contribution >= 0.6 is 0 Å². The number of aryl methyl sites for hydroxylation is 1. The summed E-state index contributed by atoms with van der Waals surface area (Å²) in [4.78, 5) is 25.8. The maximum Gasteiger partial charge on any atom is 0.227 e. The highest BCUT2D eigenvalue weighted by molar-refractivity contribution is 6.02. The Balaban J connectivity index is 1.89. The number of ether oxygens (including phenoxy) is 1. The molecule has 106 valence electrons. The fourth-order valence-electron chi connectivity index (χ4n) is 3.00. The van der Waals surface area contributed by atoms with Crippen molar-refractivity contribution in [3.8, 4) is 0 Å². The van der Waals surface area contributed by atoms with Crippen LogP contribution < -0.4 is 4.90 Å². The van der Waals surface area contributed by atoms with Gasteiger partial charge < -0.3 is 9.64 Å². The molecule has 0 aliphatic carbocycles. The van der Waals surface area contributed by atoms with Crippen LogP contribution in [0.5, 0.6) is 0 Å². The van der Waals surface area contributed by atoms with E-state index in [0.29, 0.717) is 25.0 Å². The van der Waals surface area contributed by atoms with Crippen molar-refractivity contribution in [2.24, 2.45) is 5.92 Å². The van der Waals surface area contributed by atoms with E-state index in [9.17, 15) is 9.59 Å². The fourth-order valence-corrected chi connectivity index (χ4v) is 3.00. The van der Waals surface area contributed by atoms with Crippen LogP contribution in [0.4, 0.5) is 5.69 Å². The van der Waals surface area contributed by atoms with Crippen LogP contribution in [0.1, 0.15) is 35.7 Å². The van der Waals surface area contributed by atoms with Crippen LogP contribution in [0.3, 0.4) is 0 Å². The number of benzene rings is 1. The van der Waals surface area contributed by atoms with E-state index in [4.69, 9.17) is 4.74 Å². The van der Waals surface area contributed by atoms with Crippen LogP contribution in [0.2, 0.25) is 0 Å². The summed E-state index contributed by atoms with van der Waals surface area (Å²) in [6.45, 7) is 2.72. The van der Waals surface area contributed by atoms with Gasteiger partial charge in [-0.05, 0) is 42.5 Å². The van der Waals surface area contributed by atoms with Gasteiger partial charge in [0.15, 0.2) is 5.78 Å². The van der Waals surface area contributed by atoms with Gasteiger partial charge in [-0.3, -0.25) is 9.59 Å². The summed E-state index contributed by atoms with van der Waals surface area (Å²) < 4.78 is 5.55. The van der Waals surface area contributed by atoms with Crippen molar-refractivity contribution in [1.82, 2.24) is 0 Å². The SMILES string of the molecule is CC1CCOC1C(=O)c1ccc2c(c1)CCC(=O)N2C. The Bertz CT molecular complexity index is 567. The standard InChI is InChI=1S/C16H19NO3/c1-10-7-8-20-16(10)15(19)12-3-5-13-11(9-12)4-6-14(18)17(13)2/h3,5,9-10,16H,4,6-8H2,1-2H3. The summed E-state index contributed by atoms with van der Waals surface area (Å²) in [5.74, 6) is 0.476. The van der Waals surface area contributed by atoms with Gasteiger partial charge in [-0.1, -0.05) is 6.92 Å². The van der Waals surface area contributed by atoms with Crippen LogP contribution in [-0.4, -0.2) is 31.4 Å². The van der Waals surface area contributed by atoms with Crippen LogP contribution in [0.15, 0.2) is 18.2 Å². The lowest BCUT2D eigenvalue weighted by atomic mass is 9.93. The normalized spacial score (nSPS) is 25.7. The van der Waals surface area contributed by atoms with Gasteiger partial charge in [0.25, 0.3) is 0 Å². The number of hydrogen-bond donors (Lipinski definition) is 0. The van der Waals surface area contributed by atoms with Crippen molar-refractivity contribution < 1.29 is 14.3 Å². The van der Waals surface area contributed by atoms with Crippen molar-refractivity contribution in [1.29, 1.82) is 0 Å². The van der Waals surface area contributed by atoms with Crippen molar-refractivity contribution >= 4 is 17.4 Å². The molecular formula is C16H19NO3. The summed E-state index contributed by atoms with van der Waals surface area (Å²) in [7, 11) is 1.78. The number of hydrogen-bond acceptors (Lipinski definition) is 3. The van der Waals surface area contributed by atoms with Gasteiger partial charge in [0.2, 0.25) is 5.91 Å². The van der Waals surface area contributed by atoms with Gasteiger partial charge in [-0.25, -0.2) is 0 Å². The third kappa shape index (κ3) is 2.14. The van der Waals surface area contributed by atoms with E-state index in [0.717, 1.165) is 17.7 Å². The third-order valence-corrected chi connectivity index (χ3v) is 4.35. The summed E-state index contributed by atoms with van der Waals surface area (Å²) >= 11 is 0. The molecule has 0 spiro atoms. The first-order chi connectivity index (χ1) is 9.58. The summed E-state index contributed by atoms with van der Waals surface area (Å²) in [6, 6.07) is 5.61. The molecule has 0 bridgehead atoms. The maximum atomic E-state index is 12.5. The van der Waals surface area contributed by atoms with Crippen LogP contribution in [-0.2, 0) is 16.0 Å². The van der Waals surface area contributed by atoms with Crippen molar-refractivity contribution in [3.05, 3.63) is 29.3 Å². The quantitative estimate of drug-likeness (QED) is 0.776. The lowest BCUT2D eigenvalue weighted by Crippen LogP contribution is -2.31. The third-order valence-electron chi connectivity index (χ3n) is 4.35. The molecule has 2 unspecified atom stereocenters. The molecule has 2 aliphatic heterocycles. The molecule has 1 aromatic rings. The van der Waals surface area contributed by atoms with Gasteiger partial charge in [0.05, 0.1) is 0 Å². The number of fused-ring (bicyclic) bond motifs is 1. The molecule has 1 saturated heterocycles. The first-order valence-electron chi connectivity index (χ1n) is 7.13. The van der Waals surface area contributed by atoms with Crippen LogP contribution in [0, 0.1) is 5.92 Å². The zero-order valence-electron chi connectivity index (χ0n) is 11.9. The van der Waals surface area contributed by atoms with Gasteiger partial charge >= 0.3 is 0 Å². The number of anilines is 1. The highest BCUT2D eigenvalue weighted by Crippen LogP contribution is 2.30. The monoisotopic (exact) mass is 273 g/mol. The molecule has 2 heterocycles. The molecule has 0 radical (unpaired) electrons. The van der Waals surface area contributed by atoms with Crippen molar-refractivity contribution in [3.63, 3.8) is 0 Å². The number of amides is 1. The molecule has 3 rings (SSSR count). The lowest BCUT2D eigenvalue weighted by molar-refractivity contribution is -0.118. The molecule has 1 aromatic carbocycles. The molecular weight excluding hydrogens is 254 g/mol. The number of carbonyl (C=O) groups excluding carboxylic acids is 2. The maximum absolute atomic E-state index is 12.5. The van der Waals surface area contributed by atoms with E-state index in [2.05, 4.69) is 6.92 Å². The molecule has 0 saturated carbocycles. The van der Waals surface area contributed by atoms with E-state index >= 15 is 0 Å². The molecule has 0 aromatic heterocycles. The molecule has 20 heavy (non-hydrogen) atoms. The van der Waals surface area contributed by atoms with Crippen molar-refractivity contribution in [2.45, 2.75) is 32.3 Å². The second kappa shape index (κ2) is 5.02. The molecule has 4 nitrogen and oxygen atoms in total. The Morgan fingerprint density at radius 1 is 1.35 bits per heavy atom.